The lowest BCUT2D eigenvalue weighted by Crippen LogP contribution is -2.49. The number of fused-ring (bicyclic) bond motifs is 4. The summed E-state index contributed by atoms with van der Waals surface area (Å²) < 4.78 is 0. The van der Waals surface area contributed by atoms with E-state index in [9.17, 15) is 19.2 Å². The summed E-state index contributed by atoms with van der Waals surface area (Å²) in [4.78, 5) is 63.8. The van der Waals surface area contributed by atoms with Crippen LogP contribution in [0.1, 0.15) is 81.7 Å². The average molecular weight is 660 g/mol. The first kappa shape index (κ1) is 33.5. The standard InChI is InChI=1S/C30H37N7O4S2.ClH/c1-18(2)25-29-35-22(16-43-29)26(39)32-12-7-13-37(30(41)20-10-6-11-31-20)15-24(38)33-21(14-19-8-4-3-5-9-19)28-34-23(17-42-28)27(40)36-25;/h3-5,8-9,16-18,20-21,25,31H,6-7,10-15H2,1-2H3,(H,32,39)(H,33,38)(H,36,40);1H/t20-,21?,25-;/m0./s1. The van der Waals surface area contributed by atoms with E-state index in [0.29, 0.717) is 35.9 Å². The third-order valence-corrected chi connectivity index (χ3v) is 9.43. The van der Waals surface area contributed by atoms with Crippen molar-refractivity contribution in [3.8, 4) is 0 Å². The Morgan fingerprint density at radius 3 is 2.36 bits per heavy atom. The maximum Gasteiger partial charge on any atom is 0.271 e. The first-order valence-electron chi connectivity index (χ1n) is 14.6. The molecule has 44 heavy (non-hydrogen) atoms. The number of aromatic nitrogens is 2. The lowest BCUT2D eigenvalue weighted by Gasteiger charge is -2.26. The van der Waals surface area contributed by atoms with Crippen LogP contribution in [0, 0.1) is 5.92 Å². The van der Waals surface area contributed by atoms with Gasteiger partial charge in [0.2, 0.25) is 11.8 Å². The molecule has 236 valence electrons. The summed E-state index contributed by atoms with van der Waals surface area (Å²) in [5.41, 5.74) is 1.53. The largest absolute Gasteiger partial charge is 0.351 e. The molecule has 14 heteroatoms. The number of carbonyl (C=O) groups excluding carboxylic acids is 4. The lowest BCUT2D eigenvalue weighted by molar-refractivity contribution is -0.137. The lowest BCUT2D eigenvalue weighted by atomic mass is 10.0. The van der Waals surface area contributed by atoms with E-state index in [1.165, 1.54) is 22.7 Å². The third kappa shape index (κ3) is 8.40. The topological polar surface area (TPSA) is 145 Å². The van der Waals surface area contributed by atoms with E-state index < -0.39 is 12.1 Å². The fraction of sp³-hybridized carbons (Fsp3) is 0.467. The van der Waals surface area contributed by atoms with Crippen molar-refractivity contribution in [3.63, 3.8) is 0 Å². The molecule has 3 atom stereocenters. The van der Waals surface area contributed by atoms with Crippen LogP contribution in [-0.4, -0.2) is 70.7 Å². The van der Waals surface area contributed by atoms with Crippen molar-refractivity contribution >= 4 is 58.7 Å². The Morgan fingerprint density at radius 2 is 1.66 bits per heavy atom. The van der Waals surface area contributed by atoms with E-state index in [1.807, 2.05) is 44.2 Å². The molecule has 0 radical (unpaired) electrons. The summed E-state index contributed by atoms with van der Waals surface area (Å²) >= 11 is 2.63. The zero-order chi connectivity index (χ0) is 30.3. The van der Waals surface area contributed by atoms with Gasteiger partial charge in [0, 0.05) is 23.8 Å². The highest BCUT2D eigenvalue weighted by atomic mass is 35.5. The normalized spacial score (nSPS) is 21.8. The molecule has 1 aromatic carbocycles. The van der Waals surface area contributed by atoms with Crippen LogP contribution in [0.15, 0.2) is 41.1 Å². The predicted octanol–water partition coefficient (Wildman–Crippen LogP) is 3.26. The summed E-state index contributed by atoms with van der Waals surface area (Å²) in [6.07, 6.45) is 2.57. The SMILES string of the molecule is CC(C)[C@@H]1NC(=O)c2csc(n2)C(Cc2ccccc2)NC(=O)CN(C(=O)[C@@H]2CCCN2)CCCNC(=O)c2csc1n2.Cl. The van der Waals surface area contributed by atoms with Crippen LogP contribution >= 0.6 is 35.1 Å². The van der Waals surface area contributed by atoms with Crippen LogP contribution in [-0.2, 0) is 16.0 Å². The molecule has 0 spiro atoms. The van der Waals surface area contributed by atoms with Gasteiger partial charge in [0.05, 0.1) is 24.7 Å². The Kier molecular flexibility index (Phi) is 11.8. The van der Waals surface area contributed by atoms with Crippen molar-refractivity contribution in [1.82, 2.24) is 36.1 Å². The molecule has 3 aromatic rings. The second-order valence-electron chi connectivity index (χ2n) is 11.2. The number of rotatable bonds is 4. The quantitative estimate of drug-likeness (QED) is 0.336. The molecule has 4 bridgehead atoms. The second-order valence-corrected chi connectivity index (χ2v) is 12.9. The fourth-order valence-corrected chi connectivity index (χ4v) is 7.09. The molecule has 4 heterocycles. The molecule has 2 aliphatic heterocycles. The van der Waals surface area contributed by atoms with E-state index >= 15 is 0 Å². The fourth-order valence-electron chi connectivity index (χ4n) is 5.22. The minimum atomic E-state index is -0.494. The molecular weight excluding hydrogens is 622 g/mol. The van der Waals surface area contributed by atoms with Crippen LogP contribution in [0.2, 0.25) is 0 Å². The Hall–Kier alpha value is -3.39. The number of hydrogen-bond acceptors (Lipinski definition) is 9. The van der Waals surface area contributed by atoms with E-state index in [-0.39, 0.29) is 65.9 Å². The van der Waals surface area contributed by atoms with Gasteiger partial charge >= 0.3 is 0 Å². The predicted molar refractivity (Wildman–Crippen MR) is 172 cm³/mol. The molecule has 4 amide bonds. The van der Waals surface area contributed by atoms with Gasteiger partial charge in [-0.05, 0) is 43.7 Å². The molecule has 5 rings (SSSR count). The van der Waals surface area contributed by atoms with E-state index in [2.05, 4.69) is 31.2 Å². The first-order chi connectivity index (χ1) is 20.8. The Balaban J connectivity index is 0.00000442. The van der Waals surface area contributed by atoms with Crippen LogP contribution < -0.4 is 21.3 Å². The van der Waals surface area contributed by atoms with Gasteiger partial charge in [-0.15, -0.1) is 35.1 Å². The number of nitrogens with zero attached hydrogens (tertiary/aromatic N) is 3. The van der Waals surface area contributed by atoms with Crippen molar-refractivity contribution in [2.75, 3.05) is 26.2 Å². The molecular formula is C30H38ClN7O4S2. The molecule has 2 aromatic heterocycles. The highest BCUT2D eigenvalue weighted by Crippen LogP contribution is 2.27. The van der Waals surface area contributed by atoms with Gasteiger partial charge in [-0.3, -0.25) is 19.2 Å². The molecule has 4 N–H and O–H groups in total. The summed E-state index contributed by atoms with van der Waals surface area (Å²) in [7, 11) is 0. The van der Waals surface area contributed by atoms with Gasteiger partial charge in [-0.2, -0.15) is 0 Å². The molecule has 11 nitrogen and oxygen atoms in total. The average Bonchev–Trinajstić information content (AvgIpc) is 3.79. The molecule has 1 fully saturated rings. The van der Waals surface area contributed by atoms with Crippen molar-refractivity contribution in [1.29, 1.82) is 0 Å². The highest BCUT2D eigenvalue weighted by molar-refractivity contribution is 7.10. The first-order valence-corrected chi connectivity index (χ1v) is 16.4. The third-order valence-electron chi connectivity index (χ3n) is 7.54. The van der Waals surface area contributed by atoms with Gasteiger partial charge in [0.15, 0.2) is 0 Å². The van der Waals surface area contributed by atoms with E-state index in [1.54, 1.807) is 15.7 Å². The summed E-state index contributed by atoms with van der Waals surface area (Å²) in [5, 5.41) is 16.8. The van der Waals surface area contributed by atoms with Gasteiger partial charge in [0.1, 0.15) is 21.4 Å². The smallest absolute Gasteiger partial charge is 0.271 e. The van der Waals surface area contributed by atoms with E-state index in [0.717, 1.165) is 24.9 Å². The van der Waals surface area contributed by atoms with Crippen LogP contribution in [0.3, 0.4) is 0 Å². The number of benzene rings is 1. The number of hydrogen-bond donors (Lipinski definition) is 4. The van der Waals surface area contributed by atoms with E-state index in [4.69, 9.17) is 0 Å². The maximum atomic E-state index is 13.5. The molecule has 0 saturated carbocycles. The monoisotopic (exact) mass is 659 g/mol. The molecule has 1 unspecified atom stereocenters. The Labute approximate surface area is 271 Å². The van der Waals surface area contributed by atoms with Crippen molar-refractivity contribution in [2.45, 2.75) is 57.7 Å². The van der Waals surface area contributed by atoms with Crippen molar-refractivity contribution < 1.29 is 19.2 Å². The van der Waals surface area contributed by atoms with Gasteiger partial charge in [-0.25, -0.2) is 9.97 Å². The summed E-state index contributed by atoms with van der Waals surface area (Å²) in [6.45, 7) is 5.23. The van der Waals surface area contributed by atoms with Gasteiger partial charge < -0.3 is 26.2 Å². The highest BCUT2D eigenvalue weighted by Gasteiger charge is 2.30. The minimum absolute atomic E-state index is 0. The number of nitrogens with one attached hydrogen (secondary N) is 4. The van der Waals surface area contributed by atoms with Crippen LogP contribution in [0.4, 0.5) is 0 Å². The zero-order valence-corrected chi connectivity index (χ0v) is 27.2. The maximum absolute atomic E-state index is 13.5. The summed E-state index contributed by atoms with van der Waals surface area (Å²) in [5.74, 6) is -1.10. The van der Waals surface area contributed by atoms with Crippen LogP contribution in [0.25, 0.3) is 0 Å². The number of carbonyl (C=O) groups is 4. The molecule has 0 aliphatic carbocycles. The van der Waals surface area contributed by atoms with Crippen molar-refractivity contribution in [2.24, 2.45) is 5.92 Å². The minimum Gasteiger partial charge on any atom is -0.351 e. The van der Waals surface area contributed by atoms with Crippen LogP contribution in [0.5, 0.6) is 0 Å². The number of thiazole rings is 2. The van der Waals surface area contributed by atoms with Gasteiger partial charge in [0.25, 0.3) is 11.8 Å². The Morgan fingerprint density at radius 1 is 0.955 bits per heavy atom. The van der Waals surface area contributed by atoms with Crippen molar-refractivity contribution in [3.05, 3.63) is 68.1 Å². The second kappa shape index (κ2) is 15.6. The number of amides is 4. The number of halogens is 1. The molecule has 1 saturated heterocycles. The Bertz CT molecular complexity index is 1440. The molecule has 2 aliphatic rings. The zero-order valence-electron chi connectivity index (χ0n) is 24.7. The summed E-state index contributed by atoms with van der Waals surface area (Å²) in [6, 6.07) is 8.53. The van der Waals surface area contributed by atoms with Gasteiger partial charge in [-0.1, -0.05) is 44.2 Å².